The zero-order chi connectivity index (χ0) is 15.0. The summed E-state index contributed by atoms with van der Waals surface area (Å²) in [5.74, 6) is -0.162. The van der Waals surface area contributed by atoms with Gasteiger partial charge in [-0.05, 0) is 25.0 Å². The van der Waals surface area contributed by atoms with Crippen LogP contribution in [0.5, 0.6) is 0 Å². The molecule has 1 aromatic heterocycles. The first-order valence-electron chi connectivity index (χ1n) is 5.97. The maximum atomic E-state index is 12.6. The highest BCUT2D eigenvalue weighted by Crippen LogP contribution is 2.31. The van der Waals surface area contributed by atoms with Gasteiger partial charge in [0.15, 0.2) is 0 Å². The summed E-state index contributed by atoms with van der Waals surface area (Å²) in [4.78, 5) is 3.80. The monoisotopic (exact) mass is 309 g/mol. The predicted molar refractivity (Wildman–Crippen MR) is 68.9 cm³/mol. The highest BCUT2D eigenvalue weighted by Gasteiger charge is 2.32. The lowest BCUT2D eigenvalue weighted by atomic mass is 10.1. The van der Waals surface area contributed by atoms with E-state index in [1.807, 2.05) is 0 Å². The molecule has 112 valence electrons. The summed E-state index contributed by atoms with van der Waals surface area (Å²) in [7, 11) is -3.01. The standard InChI is InChI=1S/C11H14F3N3O2S/c12-11(13,14)7-5-9(15)17-10(6-7)16-8-1-3-20(18,19)4-2-8/h5-6,8H,1-4H2,(H3,15,16,17). The van der Waals surface area contributed by atoms with Crippen LogP contribution in [-0.4, -0.2) is 30.9 Å². The van der Waals surface area contributed by atoms with Crippen molar-refractivity contribution in [2.75, 3.05) is 22.6 Å². The second-order valence-electron chi connectivity index (χ2n) is 4.73. The van der Waals surface area contributed by atoms with E-state index < -0.39 is 21.6 Å². The molecule has 1 fully saturated rings. The Morgan fingerprint density at radius 3 is 2.40 bits per heavy atom. The minimum absolute atomic E-state index is 0.0154. The molecule has 1 aliphatic heterocycles. The van der Waals surface area contributed by atoms with Gasteiger partial charge in [-0.2, -0.15) is 13.2 Å². The number of hydrogen-bond donors (Lipinski definition) is 2. The highest BCUT2D eigenvalue weighted by atomic mass is 32.2. The molecule has 2 rings (SSSR count). The summed E-state index contributed by atoms with van der Waals surface area (Å²) in [6, 6.07) is 1.42. The zero-order valence-electron chi connectivity index (χ0n) is 10.4. The number of sulfone groups is 1. The average molecular weight is 309 g/mol. The van der Waals surface area contributed by atoms with Crippen molar-refractivity contribution < 1.29 is 21.6 Å². The van der Waals surface area contributed by atoms with Gasteiger partial charge in [-0.25, -0.2) is 13.4 Å². The first kappa shape index (κ1) is 14.9. The van der Waals surface area contributed by atoms with Crippen molar-refractivity contribution in [3.63, 3.8) is 0 Å². The Morgan fingerprint density at radius 2 is 1.85 bits per heavy atom. The first-order valence-corrected chi connectivity index (χ1v) is 7.79. The Labute approximate surface area is 114 Å². The summed E-state index contributed by atoms with van der Waals surface area (Å²) >= 11 is 0. The lowest BCUT2D eigenvalue weighted by molar-refractivity contribution is -0.137. The van der Waals surface area contributed by atoms with E-state index in [1.54, 1.807) is 0 Å². The Kier molecular flexibility index (Phi) is 3.81. The number of nitrogens with zero attached hydrogens (tertiary/aromatic N) is 1. The number of rotatable bonds is 2. The van der Waals surface area contributed by atoms with Crippen molar-refractivity contribution in [2.45, 2.75) is 25.1 Å². The molecule has 0 bridgehead atoms. The topological polar surface area (TPSA) is 85.1 Å². The van der Waals surface area contributed by atoms with Crippen LogP contribution in [0.3, 0.4) is 0 Å². The second kappa shape index (κ2) is 5.12. The number of nitrogens with one attached hydrogen (secondary N) is 1. The van der Waals surface area contributed by atoms with Crippen LogP contribution in [0.2, 0.25) is 0 Å². The summed E-state index contributed by atoms with van der Waals surface area (Å²) in [6.45, 7) is 0. The number of aromatic nitrogens is 1. The Hall–Kier alpha value is -1.51. The minimum atomic E-state index is -4.50. The highest BCUT2D eigenvalue weighted by molar-refractivity contribution is 7.91. The molecular weight excluding hydrogens is 295 g/mol. The third kappa shape index (κ3) is 3.75. The average Bonchev–Trinajstić information content (AvgIpc) is 2.30. The molecule has 0 radical (unpaired) electrons. The van der Waals surface area contributed by atoms with Gasteiger partial charge in [0.25, 0.3) is 0 Å². The quantitative estimate of drug-likeness (QED) is 0.868. The minimum Gasteiger partial charge on any atom is -0.384 e. The van der Waals surface area contributed by atoms with Gasteiger partial charge >= 0.3 is 6.18 Å². The SMILES string of the molecule is Nc1cc(C(F)(F)F)cc(NC2CCS(=O)(=O)CC2)n1. The van der Waals surface area contributed by atoms with E-state index >= 15 is 0 Å². The number of pyridine rings is 1. The van der Waals surface area contributed by atoms with E-state index in [2.05, 4.69) is 10.3 Å². The third-order valence-electron chi connectivity index (χ3n) is 3.08. The maximum Gasteiger partial charge on any atom is 0.416 e. The summed E-state index contributed by atoms with van der Waals surface area (Å²) in [5, 5.41) is 2.82. The fourth-order valence-corrected chi connectivity index (χ4v) is 3.52. The molecule has 20 heavy (non-hydrogen) atoms. The first-order chi connectivity index (χ1) is 9.16. The van der Waals surface area contributed by atoms with Crippen molar-refractivity contribution in [1.29, 1.82) is 0 Å². The summed E-state index contributed by atoms with van der Waals surface area (Å²) < 4.78 is 60.5. The smallest absolute Gasteiger partial charge is 0.384 e. The van der Waals surface area contributed by atoms with Crippen molar-refractivity contribution in [3.8, 4) is 0 Å². The number of alkyl halides is 3. The Bertz CT molecular complexity index is 587. The number of nitrogens with two attached hydrogens (primary N) is 1. The molecule has 0 amide bonds. The van der Waals surface area contributed by atoms with E-state index in [-0.39, 0.29) is 29.2 Å². The van der Waals surface area contributed by atoms with Crippen molar-refractivity contribution >= 4 is 21.5 Å². The number of halogens is 3. The molecule has 3 N–H and O–H groups in total. The zero-order valence-corrected chi connectivity index (χ0v) is 11.3. The van der Waals surface area contributed by atoms with Gasteiger partial charge in [-0.15, -0.1) is 0 Å². The van der Waals surface area contributed by atoms with Crippen LogP contribution in [0.1, 0.15) is 18.4 Å². The normalized spacial score (nSPS) is 19.8. The van der Waals surface area contributed by atoms with Crippen molar-refractivity contribution in [3.05, 3.63) is 17.7 Å². The second-order valence-corrected chi connectivity index (χ2v) is 7.04. The van der Waals surface area contributed by atoms with Crippen LogP contribution in [0, 0.1) is 0 Å². The molecular formula is C11H14F3N3O2S. The molecule has 0 saturated carbocycles. The van der Waals surface area contributed by atoms with Crippen molar-refractivity contribution in [1.82, 2.24) is 4.98 Å². The molecule has 9 heteroatoms. The fraction of sp³-hybridized carbons (Fsp3) is 0.545. The number of hydrogen-bond acceptors (Lipinski definition) is 5. The van der Waals surface area contributed by atoms with Crippen LogP contribution in [0.15, 0.2) is 12.1 Å². The van der Waals surface area contributed by atoms with Gasteiger partial charge < -0.3 is 11.1 Å². The van der Waals surface area contributed by atoms with Gasteiger partial charge in [0.2, 0.25) is 0 Å². The van der Waals surface area contributed by atoms with E-state index in [9.17, 15) is 21.6 Å². The molecule has 1 aliphatic rings. The molecule has 2 heterocycles. The lowest BCUT2D eigenvalue weighted by Crippen LogP contribution is -2.32. The molecule has 5 nitrogen and oxygen atoms in total. The molecule has 1 aromatic rings. The van der Waals surface area contributed by atoms with Gasteiger partial charge in [-0.1, -0.05) is 0 Å². The molecule has 0 unspecified atom stereocenters. The van der Waals surface area contributed by atoms with Crippen LogP contribution in [0.25, 0.3) is 0 Å². The molecule has 0 aromatic carbocycles. The third-order valence-corrected chi connectivity index (χ3v) is 4.79. The van der Waals surface area contributed by atoms with Gasteiger partial charge in [0.05, 0.1) is 17.1 Å². The summed E-state index contributed by atoms with van der Waals surface area (Å²) in [6.07, 6.45) is -3.80. The van der Waals surface area contributed by atoms with E-state index in [4.69, 9.17) is 5.73 Å². The van der Waals surface area contributed by atoms with Crippen molar-refractivity contribution in [2.24, 2.45) is 0 Å². The van der Waals surface area contributed by atoms with Crippen LogP contribution >= 0.6 is 0 Å². The maximum absolute atomic E-state index is 12.6. The van der Waals surface area contributed by atoms with Crippen LogP contribution in [-0.2, 0) is 16.0 Å². The fourth-order valence-electron chi connectivity index (χ4n) is 2.03. The molecule has 1 saturated heterocycles. The van der Waals surface area contributed by atoms with Gasteiger partial charge in [0.1, 0.15) is 21.5 Å². The Morgan fingerprint density at radius 1 is 1.25 bits per heavy atom. The van der Waals surface area contributed by atoms with E-state index in [1.165, 1.54) is 0 Å². The van der Waals surface area contributed by atoms with Crippen LogP contribution < -0.4 is 11.1 Å². The molecule has 0 atom stereocenters. The number of nitrogen functional groups attached to an aromatic ring is 1. The van der Waals surface area contributed by atoms with Gasteiger partial charge in [0, 0.05) is 6.04 Å². The number of anilines is 2. The molecule has 0 spiro atoms. The predicted octanol–water partition coefficient (Wildman–Crippen LogP) is 1.67. The molecule has 0 aliphatic carbocycles. The van der Waals surface area contributed by atoms with E-state index in [0.717, 1.165) is 12.1 Å². The van der Waals surface area contributed by atoms with E-state index in [0.29, 0.717) is 12.8 Å². The van der Waals surface area contributed by atoms with Gasteiger partial charge in [-0.3, -0.25) is 0 Å². The Balaban J connectivity index is 2.12. The van der Waals surface area contributed by atoms with Crippen LogP contribution in [0.4, 0.5) is 24.8 Å². The summed E-state index contributed by atoms with van der Waals surface area (Å²) in [5.41, 5.74) is 4.48. The lowest BCUT2D eigenvalue weighted by Gasteiger charge is -2.24. The largest absolute Gasteiger partial charge is 0.416 e.